The van der Waals surface area contributed by atoms with E-state index in [4.69, 9.17) is 11.6 Å². The van der Waals surface area contributed by atoms with Gasteiger partial charge in [0.15, 0.2) is 11.0 Å². The van der Waals surface area contributed by atoms with Crippen LogP contribution in [0.4, 0.5) is 5.82 Å². The van der Waals surface area contributed by atoms with E-state index in [-0.39, 0.29) is 0 Å². The third-order valence-electron chi connectivity index (χ3n) is 3.68. The normalized spacial score (nSPS) is 20.2. The van der Waals surface area contributed by atoms with Crippen LogP contribution < -0.4 is 5.32 Å². The molecule has 0 spiro atoms. The van der Waals surface area contributed by atoms with E-state index in [2.05, 4.69) is 32.4 Å². The topological polar surface area (TPSA) is 53.9 Å². The third kappa shape index (κ3) is 2.69. The number of piperidine rings is 1. The highest BCUT2D eigenvalue weighted by Gasteiger charge is 2.19. The number of likely N-dealkylation sites (N-methyl/N-ethyl adjacent to an activating group) is 1. The van der Waals surface area contributed by atoms with Crippen molar-refractivity contribution in [2.75, 3.05) is 25.5 Å². The van der Waals surface area contributed by atoms with E-state index in [0.29, 0.717) is 11.2 Å². The minimum absolute atomic E-state index is 0.384. The van der Waals surface area contributed by atoms with Gasteiger partial charge in [-0.15, -0.1) is 10.2 Å². The van der Waals surface area contributed by atoms with Crippen molar-refractivity contribution in [3.63, 3.8) is 0 Å². The highest BCUT2D eigenvalue weighted by atomic mass is 35.5. The SMILES string of the molecule is Cc1ccc2c(Cl)nnc(N[C@@H]3CCCN(C)C3)c2n1. The molecule has 1 N–H and O–H groups in total. The molecule has 3 rings (SSSR count). The number of aromatic nitrogens is 3. The van der Waals surface area contributed by atoms with Crippen molar-refractivity contribution in [3.05, 3.63) is 23.0 Å². The van der Waals surface area contributed by atoms with Gasteiger partial charge < -0.3 is 10.2 Å². The summed E-state index contributed by atoms with van der Waals surface area (Å²) in [4.78, 5) is 6.88. The zero-order chi connectivity index (χ0) is 14.1. The summed E-state index contributed by atoms with van der Waals surface area (Å²) in [6.07, 6.45) is 2.33. The van der Waals surface area contributed by atoms with Crippen molar-refractivity contribution in [2.45, 2.75) is 25.8 Å². The molecular formula is C14H18ClN5. The average Bonchev–Trinajstić information content (AvgIpc) is 2.42. The maximum absolute atomic E-state index is 6.10. The Hall–Kier alpha value is -1.46. The molecule has 1 aliphatic rings. The van der Waals surface area contributed by atoms with Crippen LogP contribution in [-0.4, -0.2) is 46.3 Å². The first-order valence-corrected chi connectivity index (χ1v) is 7.26. The smallest absolute Gasteiger partial charge is 0.175 e. The molecule has 2 aromatic rings. The highest BCUT2D eigenvalue weighted by molar-refractivity contribution is 6.34. The Morgan fingerprint density at radius 3 is 3.00 bits per heavy atom. The lowest BCUT2D eigenvalue weighted by atomic mass is 10.1. The number of likely N-dealkylation sites (tertiary alicyclic amines) is 1. The Morgan fingerprint density at radius 1 is 1.35 bits per heavy atom. The van der Waals surface area contributed by atoms with Crippen molar-refractivity contribution < 1.29 is 0 Å². The number of anilines is 1. The molecule has 0 saturated carbocycles. The molecule has 0 unspecified atom stereocenters. The summed E-state index contributed by atoms with van der Waals surface area (Å²) in [5, 5.41) is 12.9. The molecule has 0 bridgehead atoms. The van der Waals surface area contributed by atoms with Crippen LogP contribution in [0.25, 0.3) is 10.9 Å². The van der Waals surface area contributed by atoms with Gasteiger partial charge in [-0.3, -0.25) is 0 Å². The monoisotopic (exact) mass is 291 g/mol. The van der Waals surface area contributed by atoms with Crippen molar-refractivity contribution in [1.29, 1.82) is 0 Å². The van der Waals surface area contributed by atoms with Gasteiger partial charge >= 0.3 is 0 Å². The summed E-state index contributed by atoms with van der Waals surface area (Å²) >= 11 is 6.10. The van der Waals surface area contributed by atoms with E-state index in [1.54, 1.807) is 0 Å². The van der Waals surface area contributed by atoms with Crippen molar-refractivity contribution in [2.24, 2.45) is 0 Å². The number of halogens is 1. The molecule has 1 fully saturated rings. The fourth-order valence-electron chi connectivity index (χ4n) is 2.67. The van der Waals surface area contributed by atoms with E-state index < -0.39 is 0 Å². The van der Waals surface area contributed by atoms with Gasteiger partial charge in [0.25, 0.3) is 0 Å². The second-order valence-corrected chi connectivity index (χ2v) is 5.79. The number of fused-ring (bicyclic) bond motifs is 1. The molecule has 1 saturated heterocycles. The van der Waals surface area contributed by atoms with Crippen LogP contribution in [0.2, 0.25) is 5.15 Å². The standard InChI is InChI=1S/C14H18ClN5/c1-9-5-6-11-12(16-9)14(19-18-13(11)15)17-10-4-3-7-20(2)8-10/h5-6,10H,3-4,7-8H2,1-2H3,(H,17,19)/t10-/m1/s1. The molecule has 106 valence electrons. The number of hydrogen-bond donors (Lipinski definition) is 1. The zero-order valence-corrected chi connectivity index (χ0v) is 12.5. The first kappa shape index (κ1) is 13.5. The molecule has 1 aliphatic heterocycles. The van der Waals surface area contributed by atoms with Gasteiger partial charge in [0, 0.05) is 23.7 Å². The Morgan fingerprint density at radius 2 is 2.20 bits per heavy atom. The molecule has 0 amide bonds. The summed E-state index contributed by atoms with van der Waals surface area (Å²) < 4.78 is 0. The Bertz CT molecular complexity index is 630. The number of rotatable bonds is 2. The molecular weight excluding hydrogens is 274 g/mol. The van der Waals surface area contributed by atoms with E-state index in [1.165, 1.54) is 6.42 Å². The number of pyridine rings is 1. The van der Waals surface area contributed by atoms with Gasteiger partial charge in [-0.1, -0.05) is 11.6 Å². The first-order valence-electron chi connectivity index (χ1n) is 6.88. The molecule has 5 nitrogen and oxygen atoms in total. The van der Waals surface area contributed by atoms with Crippen LogP contribution in [0.5, 0.6) is 0 Å². The lowest BCUT2D eigenvalue weighted by molar-refractivity contribution is 0.261. The predicted octanol–water partition coefficient (Wildman–Crippen LogP) is 2.49. The molecule has 3 heterocycles. The van der Waals surface area contributed by atoms with Crippen molar-refractivity contribution >= 4 is 28.3 Å². The number of nitrogens with zero attached hydrogens (tertiary/aromatic N) is 4. The molecule has 2 aromatic heterocycles. The van der Waals surface area contributed by atoms with Gasteiger partial charge in [0.05, 0.1) is 0 Å². The second kappa shape index (κ2) is 5.50. The van der Waals surface area contributed by atoms with Gasteiger partial charge in [-0.25, -0.2) is 4.98 Å². The Kier molecular flexibility index (Phi) is 3.72. The molecule has 0 radical (unpaired) electrons. The van der Waals surface area contributed by atoms with Crippen LogP contribution in [0, 0.1) is 6.92 Å². The maximum atomic E-state index is 6.10. The summed E-state index contributed by atoms with van der Waals surface area (Å²) in [5.74, 6) is 0.730. The number of aryl methyl sites for hydroxylation is 1. The highest BCUT2D eigenvalue weighted by Crippen LogP contribution is 2.25. The van der Waals surface area contributed by atoms with Crippen LogP contribution in [-0.2, 0) is 0 Å². The predicted molar refractivity (Wildman–Crippen MR) is 81.2 cm³/mol. The number of nitrogens with one attached hydrogen (secondary N) is 1. The second-order valence-electron chi connectivity index (χ2n) is 5.43. The van der Waals surface area contributed by atoms with Crippen LogP contribution >= 0.6 is 11.6 Å². The fourth-order valence-corrected chi connectivity index (χ4v) is 2.86. The van der Waals surface area contributed by atoms with E-state index in [0.717, 1.165) is 41.9 Å². The fraction of sp³-hybridized carbons (Fsp3) is 0.500. The summed E-state index contributed by atoms with van der Waals surface area (Å²) in [5.41, 5.74) is 1.75. The van der Waals surface area contributed by atoms with E-state index >= 15 is 0 Å². The summed E-state index contributed by atoms with van der Waals surface area (Å²) in [6.45, 7) is 4.13. The van der Waals surface area contributed by atoms with Crippen molar-refractivity contribution in [3.8, 4) is 0 Å². The lowest BCUT2D eigenvalue weighted by Gasteiger charge is -2.30. The lowest BCUT2D eigenvalue weighted by Crippen LogP contribution is -2.40. The van der Waals surface area contributed by atoms with Crippen LogP contribution in [0.15, 0.2) is 12.1 Å². The molecule has 6 heteroatoms. The number of hydrogen-bond acceptors (Lipinski definition) is 5. The molecule has 1 atom stereocenters. The average molecular weight is 292 g/mol. The Balaban J connectivity index is 1.95. The molecule has 20 heavy (non-hydrogen) atoms. The van der Waals surface area contributed by atoms with Gasteiger partial charge in [0.2, 0.25) is 0 Å². The Labute approximate surface area is 123 Å². The zero-order valence-electron chi connectivity index (χ0n) is 11.7. The largest absolute Gasteiger partial charge is 0.363 e. The van der Waals surface area contributed by atoms with Gasteiger partial charge in [-0.05, 0) is 45.5 Å². The van der Waals surface area contributed by atoms with E-state index in [1.807, 2.05) is 19.1 Å². The van der Waals surface area contributed by atoms with Crippen LogP contribution in [0.3, 0.4) is 0 Å². The van der Waals surface area contributed by atoms with E-state index in [9.17, 15) is 0 Å². The van der Waals surface area contributed by atoms with Crippen LogP contribution in [0.1, 0.15) is 18.5 Å². The molecule has 0 aliphatic carbocycles. The van der Waals surface area contributed by atoms with Crippen molar-refractivity contribution in [1.82, 2.24) is 20.1 Å². The molecule has 0 aromatic carbocycles. The minimum atomic E-state index is 0.384. The quantitative estimate of drug-likeness (QED) is 0.921. The van der Waals surface area contributed by atoms with Gasteiger partial charge in [0.1, 0.15) is 5.52 Å². The van der Waals surface area contributed by atoms with Gasteiger partial charge in [-0.2, -0.15) is 0 Å². The summed E-state index contributed by atoms with van der Waals surface area (Å²) in [7, 11) is 2.14. The minimum Gasteiger partial charge on any atom is -0.363 e. The first-order chi connectivity index (χ1) is 9.63. The summed E-state index contributed by atoms with van der Waals surface area (Å²) in [6, 6.07) is 4.27. The third-order valence-corrected chi connectivity index (χ3v) is 3.96. The maximum Gasteiger partial charge on any atom is 0.175 e.